The normalized spacial score (nSPS) is 10.8. The minimum absolute atomic E-state index is 0.311. The molecule has 98 heavy (non-hydrogen) atoms. The molecular formula is C84H40N14. The molecule has 0 amide bonds. The van der Waals surface area contributed by atoms with Gasteiger partial charge in [-0.1, -0.05) is 97.1 Å². The van der Waals surface area contributed by atoms with Gasteiger partial charge in [-0.2, -0.15) is 21.0 Å². The number of rotatable bonds is 10. The van der Waals surface area contributed by atoms with Gasteiger partial charge in [-0.3, -0.25) is 0 Å². The molecule has 12 aromatic carbocycles. The number of nitriles is 4. The predicted octanol–water partition coefficient (Wildman–Crippen LogP) is 21.6. The average Bonchev–Trinajstić information content (AvgIpc) is 1.56. The molecule has 0 unspecified atom stereocenters. The van der Waals surface area contributed by atoms with E-state index in [9.17, 15) is 21.0 Å². The van der Waals surface area contributed by atoms with E-state index in [0.29, 0.717) is 118 Å². The first-order valence-corrected chi connectivity index (χ1v) is 30.5. The van der Waals surface area contributed by atoms with E-state index in [0.717, 1.165) is 77.0 Å². The van der Waals surface area contributed by atoms with Gasteiger partial charge in [0.1, 0.15) is 0 Å². The van der Waals surface area contributed by atoms with E-state index >= 15 is 0 Å². The maximum Gasteiger partial charge on any atom is 0.189 e. The van der Waals surface area contributed by atoms with E-state index in [1.807, 2.05) is 146 Å². The summed E-state index contributed by atoms with van der Waals surface area (Å²) in [4.78, 5) is 34.4. The van der Waals surface area contributed by atoms with Gasteiger partial charge in [-0.15, -0.1) is 0 Å². The lowest BCUT2D eigenvalue weighted by molar-refractivity contribution is 1.07. The van der Waals surface area contributed by atoms with E-state index < -0.39 is 0 Å². The van der Waals surface area contributed by atoms with E-state index in [-0.39, 0.29) is 0 Å². The van der Waals surface area contributed by atoms with Crippen LogP contribution in [0.2, 0.25) is 0 Å². The molecule has 0 bridgehead atoms. The summed E-state index contributed by atoms with van der Waals surface area (Å²) in [5, 5.41) is 43.8. The van der Waals surface area contributed by atoms with Crippen LogP contribution >= 0.6 is 0 Å². The lowest BCUT2D eigenvalue weighted by Gasteiger charge is -2.20. The zero-order valence-corrected chi connectivity index (χ0v) is 51.4. The third kappa shape index (κ3) is 10.5. The standard InChI is InChI=1S/C84H40N14/c1-89-65-21-22-70(81(45-65)98-79-25-18-58(63-30-52(48-87)34-68(38-63)92-4)42-74(79)75-43-59(19-26-80(75)98)64-31-53(49-88)35-69(39-64)93-5)71-44-60(84-95-82(54-12-8-6-9-13-54)94-83(96-84)55-14-10-7-11-15-55)20-27-76(71)97-77-23-16-56(61-28-50(46-85)32-66(36-61)90-2)40-72(77)73-41-57(17-24-78(73)97)62-29-51(47-86)33-67(37-62)91-3/h6-45H. The number of benzene rings is 12. The largest absolute Gasteiger partial charge is 0.310 e. The van der Waals surface area contributed by atoms with Gasteiger partial charge in [0.05, 0.1) is 84.9 Å². The summed E-state index contributed by atoms with van der Waals surface area (Å²) in [6.45, 7) is 40.4. The van der Waals surface area contributed by atoms with Crippen molar-refractivity contribution in [3.8, 4) is 125 Å². The van der Waals surface area contributed by atoms with Crippen molar-refractivity contribution < 1.29 is 0 Å². The molecule has 15 aromatic rings. The van der Waals surface area contributed by atoms with Crippen molar-refractivity contribution in [3.05, 3.63) is 322 Å². The maximum atomic E-state index is 10.2. The lowest BCUT2D eigenvalue weighted by Crippen LogP contribution is -2.03. The van der Waals surface area contributed by atoms with Gasteiger partial charge in [0.25, 0.3) is 0 Å². The van der Waals surface area contributed by atoms with Crippen LogP contribution in [0, 0.1) is 78.2 Å². The van der Waals surface area contributed by atoms with Crippen molar-refractivity contribution in [2.24, 2.45) is 0 Å². The van der Waals surface area contributed by atoms with Crippen molar-refractivity contribution in [2.75, 3.05) is 0 Å². The zero-order chi connectivity index (χ0) is 67.1. The molecule has 0 atom stereocenters. The molecule has 0 aliphatic rings. The fourth-order valence-corrected chi connectivity index (χ4v) is 12.9. The van der Waals surface area contributed by atoms with Gasteiger partial charge < -0.3 is 9.13 Å². The van der Waals surface area contributed by atoms with Crippen molar-refractivity contribution in [3.63, 3.8) is 0 Å². The Morgan fingerprint density at radius 1 is 0.255 bits per heavy atom. The molecule has 15 rings (SSSR count). The molecule has 0 spiro atoms. The van der Waals surface area contributed by atoms with Gasteiger partial charge in [0.15, 0.2) is 45.9 Å². The summed E-state index contributed by atoms with van der Waals surface area (Å²) >= 11 is 0. The Balaban J connectivity index is 1.05. The SMILES string of the molecule is [C-]#[N+]c1cc(C#N)cc(-c2ccc3c(c2)c2cc(-c4cc(C#N)cc([N+]#[C-])c4)ccc2n3-c2ccc(-c3nc(-c4ccccc4)nc(-c4ccccc4)n3)cc2-c2ccc([N+]#[C-])cc2-n2c3ccc(-c4cc(C#N)cc([N+]#[C-])c4)cc3c3cc(-c4cc(C#N)cc([N+]#[C-])c4)ccc32)c1. The van der Waals surface area contributed by atoms with Crippen LogP contribution in [0.25, 0.3) is 169 Å². The molecule has 14 nitrogen and oxygen atoms in total. The Hall–Kier alpha value is -15.3. The Kier molecular flexibility index (Phi) is 14.7. The van der Waals surface area contributed by atoms with Crippen LogP contribution in [-0.2, 0) is 0 Å². The second kappa shape index (κ2) is 24.4. The van der Waals surface area contributed by atoms with Gasteiger partial charge in [0, 0.05) is 77.3 Å². The van der Waals surface area contributed by atoms with E-state index in [2.05, 4.69) is 75.8 Å². The molecule has 0 aliphatic heterocycles. The minimum atomic E-state index is 0.311. The molecule has 3 heterocycles. The molecular weight excluding hydrogens is 1210 g/mol. The summed E-state index contributed by atoms with van der Waals surface area (Å²) in [6.07, 6.45) is 0. The molecule has 0 radical (unpaired) electrons. The summed E-state index contributed by atoms with van der Waals surface area (Å²) in [6, 6.07) is 84.6. The number of fused-ring (bicyclic) bond motifs is 6. The fraction of sp³-hybridized carbons (Fsp3) is 0. The summed E-state index contributed by atoms with van der Waals surface area (Å²) < 4.78 is 4.33. The Morgan fingerprint density at radius 2 is 0.582 bits per heavy atom. The minimum Gasteiger partial charge on any atom is -0.310 e. The first-order chi connectivity index (χ1) is 48.0. The van der Waals surface area contributed by atoms with Crippen LogP contribution in [0.1, 0.15) is 22.3 Å². The van der Waals surface area contributed by atoms with Gasteiger partial charge in [-0.25, -0.2) is 39.2 Å². The number of aromatic nitrogens is 5. The topological polar surface area (TPSA) is 165 Å². The van der Waals surface area contributed by atoms with E-state index in [4.69, 9.17) is 47.8 Å². The highest BCUT2D eigenvalue weighted by molar-refractivity contribution is 6.14. The van der Waals surface area contributed by atoms with E-state index in [1.165, 1.54) is 0 Å². The number of hydrogen-bond donors (Lipinski definition) is 0. The van der Waals surface area contributed by atoms with Crippen LogP contribution < -0.4 is 0 Å². The first-order valence-electron chi connectivity index (χ1n) is 30.5. The Morgan fingerprint density at radius 3 is 0.918 bits per heavy atom. The molecule has 0 saturated heterocycles. The van der Waals surface area contributed by atoms with E-state index in [1.54, 1.807) is 78.9 Å². The van der Waals surface area contributed by atoms with Crippen molar-refractivity contribution in [1.82, 2.24) is 24.1 Å². The quantitative estimate of drug-likeness (QED) is 0.123. The summed E-state index contributed by atoms with van der Waals surface area (Å²) in [7, 11) is 0. The highest BCUT2D eigenvalue weighted by atomic mass is 15.0. The third-order valence-corrected chi connectivity index (χ3v) is 17.4. The molecule has 3 aromatic heterocycles. The number of hydrogen-bond acceptors (Lipinski definition) is 7. The van der Waals surface area contributed by atoms with Crippen molar-refractivity contribution in [2.45, 2.75) is 0 Å². The van der Waals surface area contributed by atoms with Crippen LogP contribution in [0.4, 0.5) is 28.4 Å². The first kappa shape index (κ1) is 59.0. The van der Waals surface area contributed by atoms with Crippen LogP contribution in [0.15, 0.2) is 243 Å². The monoisotopic (exact) mass is 1240 g/mol. The second-order valence-corrected chi connectivity index (χ2v) is 23.2. The second-order valence-electron chi connectivity index (χ2n) is 23.2. The summed E-state index contributed by atoms with van der Waals surface area (Å²) in [5.74, 6) is 1.31. The van der Waals surface area contributed by atoms with Gasteiger partial charge in [0.2, 0.25) is 0 Å². The highest BCUT2D eigenvalue weighted by Gasteiger charge is 2.25. The van der Waals surface area contributed by atoms with Crippen LogP contribution in [0.3, 0.4) is 0 Å². The maximum absolute atomic E-state index is 10.2. The molecule has 0 saturated carbocycles. The molecule has 446 valence electrons. The average molecular weight is 1250 g/mol. The zero-order valence-electron chi connectivity index (χ0n) is 51.4. The number of nitrogens with zero attached hydrogens (tertiary/aromatic N) is 14. The predicted molar refractivity (Wildman–Crippen MR) is 382 cm³/mol. The third-order valence-electron chi connectivity index (χ3n) is 17.4. The van der Waals surface area contributed by atoms with Crippen LogP contribution in [-0.4, -0.2) is 24.1 Å². The van der Waals surface area contributed by atoms with Crippen LogP contribution in [0.5, 0.6) is 0 Å². The van der Waals surface area contributed by atoms with Crippen molar-refractivity contribution >= 4 is 72.0 Å². The summed E-state index contributed by atoms with van der Waals surface area (Å²) in [5.41, 5.74) is 16.6. The highest BCUT2D eigenvalue weighted by Crippen LogP contribution is 2.47. The van der Waals surface area contributed by atoms with Gasteiger partial charge in [-0.05, 0) is 190 Å². The molecule has 0 fully saturated rings. The Labute approximate surface area is 561 Å². The molecule has 0 aliphatic carbocycles. The fourth-order valence-electron chi connectivity index (χ4n) is 12.9. The smallest absolute Gasteiger partial charge is 0.189 e. The Bertz CT molecular complexity index is 5920. The molecule has 14 heteroatoms. The molecule has 0 N–H and O–H groups in total. The van der Waals surface area contributed by atoms with Crippen molar-refractivity contribution in [1.29, 1.82) is 21.0 Å². The van der Waals surface area contributed by atoms with Gasteiger partial charge >= 0.3 is 0 Å². The lowest BCUT2D eigenvalue weighted by atomic mass is 9.97.